The summed E-state index contributed by atoms with van der Waals surface area (Å²) in [4.78, 5) is 27.0. The van der Waals surface area contributed by atoms with Crippen LogP contribution in [0.25, 0.3) is 0 Å². The average Bonchev–Trinajstić information content (AvgIpc) is 2.66. The fraction of sp³-hybridized carbons (Fsp3) is 0.364. The lowest BCUT2D eigenvalue weighted by molar-refractivity contribution is -0.142. The number of carbonyl (C=O) groups is 2. The molecule has 2 aromatic carbocycles. The summed E-state index contributed by atoms with van der Waals surface area (Å²) in [7, 11) is 0. The predicted molar refractivity (Wildman–Crippen MR) is 116 cm³/mol. The van der Waals surface area contributed by atoms with Crippen molar-refractivity contribution < 1.29 is 18.7 Å². The summed E-state index contributed by atoms with van der Waals surface area (Å²) in [5, 5.41) is 3.59. The highest BCUT2D eigenvalue weighted by Gasteiger charge is 2.29. The second kappa shape index (κ2) is 10.1. The summed E-state index contributed by atoms with van der Waals surface area (Å²) in [6, 6.07) is 9.99. The molecule has 0 bridgehead atoms. The van der Waals surface area contributed by atoms with Gasteiger partial charge in [-0.15, -0.1) is 0 Å². The van der Waals surface area contributed by atoms with Gasteiger partial charge in [-0.1, -0.05) is 41.4 Å². The highest BCUT2D eigenvalue weighted by atomic mass is 35.5. The van der Waals surface area contributed by atoms with Crippen molar-refractivity contribution in [2.45, 2.75) is 45.8 Å². The number of nitrogens with one attached hydrogen (secondary N) is 1. The summed E-state index contributed by atoms with van der Waals surface area (Å²) < 4.78 is 19.1. The highest BCUT2D eigenvalue weighted by Crippen LogP contribution is 2.24. The van der Waals surface area contributed by atoms with Crippen LogP contribution in [0.15, 0.2) is 42.5 Å². The van der Waals surface area contributed by atoms with Crippen LogP contribution < -0.4 is 10.1 Å². The van der Waals surface area contributed by atoms with Crippen molar-refractivity contribution in [3.05, 3.63) is 63.9 Å². The van der Waals surface area contributed by atoms with Gasteiger partial charge in [-0.3, -0.25) is 9.59 Å². The Hall–Kier alpha value is -2.31. The number of rotatable bonds is 7. The second-order valence-corrected chi connectivity index (χ2v) is 8.72. The fourth-order valence-corrected chi connectivity index (χ4v) is 3.00. The molecule has 0 fully saturated rings. The molecular formula is C22H25Cl2FN2O3. The Morgan fingerprint density at radius 1 is 1.13 bits per heavy atom. The van der Waals surface area contributed by atoms with E-state index in [0.29, 0.717) is 15.6 Å². The molecule has 0 aliphatic heterocycles. The predicted octanol–water partition coefficient (Wildman–Crippen LogP) is 4.84. The molecule has 0 radical (unpaired) electrons. The van der Waals surface area contributed by atoms with E-state index in [1.165, 1.54) is 23.1 Å². The van der Waals surface area contributed by atoms with E-state index in [0.717, 1.165) is 0 Å². The van der Waals surface area contributed by atoms with Crippen molar-refractivity contribution in [3.63, 3.8) is 0 Å². The van der Waals surface area contributed by atoms with Crippen LogP contribution >= 0.6 is 23.2 Å². The zero-order valence-electron chi connectivity index (χ0n) is 17.3. The molecule has 1 N–H and O–H groups in total. The van der Waals surface area contributed by atoms with Crippen molar-refractivity contribution in [2.75, 3.05) is 6.61 Å². The van der Waals surface area contributed by atoms with Crippen molar-refractivity contribution in [1.82, 2.24) is 10.2 Å². The number of benzene rings is 2. The van der Waals surface area contributed by atoms with Crippen LogP contribution in [0.3, 0.4) is 0 Å². The topological polar surface area (TPSA) is 58.6 Å². The fourth-order valence-electron chi connectivity index (χ4n) is 2.68. The Bertz CT molecular complexity index is 915. The smallest absolute Gasteiger partial charge is 0.261 e. The molecule has 5 nitrogen and oxygen atoms in total. The van der Waals surface area contributed by atoms with E-state index in [-0.39, 0.29) is 18.2 Å². The van der Waals surface area contributed by atoms with E-state index in [1.807, 2.05) is 20.8 Å². The van der Waals surface area contributed by atoms with Gasteiger partial charge in [-0.25, -0.2) is 4.39 Å². The Labute approximate surface area is 186 Å². The minimum absolute atomic E-state index is 0.0351. The molecule has 2 rings (SSSR count). The molecular weight excluding hydrogens is 430 g/mol. The third kappa shape index (κ3) is 6.89. The van der Waals surface area contributed by atoms with Gasteiger partial charge in [0, 0.05) is 12.1 Å². The van der Waals surface area contributed by atoms with Crippen molar-refractivity contribution in [2.24, 2.45) is 0 Å². The van der Waals surface area contributed by atoms with Crippen LogP contribution in [0.5, 0.6) is 5.75 Å². The molecule has 2 amide bonds. The first-order valence-electron chi connectivity index (χ1n) is 9.40. The molecule has 0 aliphatic rings. The number of ether oxygens (including phenoxy) is 1. The number of carbonyl (C=O) groups excluding carboxylic acids is 2. The first-order chi connectivity index (χ1) is 14.0. The lowest BCUT2D eigenvalue weighted by atomic mass is 10.1. The Balaban J connectivity index is 2.22. The van der Waals surface area contributed by atoms with Crippen LogP contribution in [-0.2, 0) is 16.1 Å². The van der Waals surface area contributed by atoms with E-state index < -0.39 is 29.9 Å². The lowest BCUT2D eigenvalue weighted by Gasteiger charge is -2.31. The first-order valence-corrected chi connectivity index (χ1v) is 10.2. The number of amides is 2. The monoisotopic (exact) mass is 454 g/mol. The lowest BCUT2D eigenvalue weighted by Crippen LogP contribution is -2.53. The Kier molecular flexibility index (Phi) is 8.10. The SMILES string of the molecule is CC(C(=O)NC(C)(C)C)N(Cc1ccc(Cl)c(Cl)c1)C(=O)COc1ccccc1F. The molecule has 1 unspecified atom stereocenters. The van der Waals surface area contributed by atoms with Gasteiger partial charge in [-0.2, -0.15) is 0 Å². The largest absolute Gasteiger partial charge is 0.481 e. The van der Waals surface area contributed by atoms with Gasteiger partial charge in [0.05, 0.1) is 10.0 Å². The van der Waals surface area contributed by atoms with E-state index >= 15 is 0 Å². The summed E-state index contributed by atoms with van der Waals surface area (Å²) in [5.41, 5.74) is 0.229. The van der Waals surface area contributed by atoms with E-state index in [1.54, 1.807) is 31.2 Å². The summed E-state index contributed by atoms with van der Waals surface area (Å²) in [6.45, 7) is 6.86. The standard InChI is InChI=1S/C22H25Cl2FN2O3/c1-14(21(29)26-22(2,3)4)27(12-15-9-10-16(23)17(24)11-15)20(28)13-30-19-8-6-5-7-18(19)25/h5-11,14H,12-13H2,1-4H3,(H,26,29). The van der Waals surface area contributed by atoms with Crippen LogP contribution in [-0.4, -0.2) is 34.9 Å². The molecule has 30 heavy (non-hydrogen) atoms. The molecule has 0 heterocycles. The minimum atomic E-state index is -0.796. The van der Waals surface area contributed by atoms with Crippen molar-refractivity contribution >= 4 is 35.0 Å². The Morgan fingerprint density at radius 2 is 1.80 bits per heavy atom. The van der Waals surface area contributed by atoms with Gasteiger partial charge in [0.2, 0.25) is 5.91 Å². The van der Waals surface area contributed by atoms with Crippen LogP contribution in [0.1, 0.15) is 33.3 Å². The quantitative estimate of drug-likeness (QED) is 0.650. The highest BCUT2D eigenvalue weighted by molar-refractivity contribution is 6.42. The molecule has 0 aliphatic carbocycles. The molecule has 0 saturated heterocycles. The molecule has 1 atom stereocenters. The summed E-state index contributed by atoms with van der Waals surface area (Å²) >= 11 is 12.0. The van der Waals surface area contributed by atoms with Crippen molar-refractivity contribution in [3.8, 4) is 5.75 Å². The molecule has 0 aromatic heterocycles. The first kappa shape index (κ1) is 24.0. The zero-order chi connectivity index (χ0) is 22.5. The molecule has 0 saturated carbocycles. The zero-order valence-corrected chi connectivity index (χ0v) is 18.9. The normalized spacial score (nSPS) is 12.2. The third-order valence-corrected chi connectivity index (χ3v) is 4.93. The number of hydrogen-bond donors (Lipinski definition) is 1. The van der Waals surface area contributed by atoms with E-state index in [9.17, 15) is 14.0 Å². The van der Waals surface area contributed by atoms with Gasteiger partial charge in [-0.05, 0) is 57.5 Å². The van der Waals surface area contributed by atoms with Gasteiger partial charge in [0.25, 0.3) is 5.91 Å². The molecule has 2 aromatic rings. The van der Waals surface area contributed by atoms with Crippen LogP contribution in [0.2, 0.25) is 10.0 Å². The molecule has 162 valence electrons. The maximum Gasteiger partial charge on any atom is 0.261 e. The minimum Gasteiger partial charge on any atom is -0.481 e. The number of nitrogens with zero attached hydrogens (tertiary/aromatic N) is 1. The van der Waals surface area contributed by atoms with Crippen LogP contribution in [0.4, 0.5) is 4.39 Å². The second-order valence-electron chi connectivity index (χ2n) is 7.90. The third-order valence-electron chi connectivity index (χ3n) is 4.19. The average molecular weight is 455 g/mol. The summed E-state index contributed by atoms with van der Waals surface area (Å²) in [5.74, 6) is -1.39. The Morgan fingerprint density at radius 3 is 2.40 bits per heavy atom. The van der Waals surface area contributed by atoms with Crippen LogP contribution in [0, 0.1) is 5.82 Å². The molecule has 8 heteroatoms. The van der Waals surface area contributed by atoms with Gasteiger partial charge < -0.3 is 15.0 Å². The molecule has 0 spiro atoms. The maximum atomic E-state index is 13.8. The van der Waals surface area contributed by atoms with Gasteiger partial charge in [0.1, 0.15) is 6.04 Å². The van der Waals surface area contributed by atoms with E-state index in [2.05, 4.69) is 5.32 Å². The number of hydrogen-bond acceptors (Lipinski definition) is 3. The van der Waals surface area contributed by atoms with Gasteiger partial charge >= 0.3 is 0 Å². The number of halogens is 3. The van der Waals surface area contributed by atoms with Gasteiger partial charge in [0.15, 0.2) is 18.2 Å². The summed E-state index contributed by atoms with van der Waals surface area (Å²) in [6.07, 6.45) is 0. The maximum absolute atomic E-state index is 13.8. The van der Waals surface area contributed by atoms with E-state index in [4.69, 9.17) is 27.9 Å². The van der Waals surface area contributed by atoms with Crippen molar-refractivity contribution in [1.29, 1.82) is 0 Å². The number of para-hydroxylation sites is 1.